The summed E-state index contributed by atoms with van der Waals surface area (Å²) in [6.45, 7) is 3.44. The molecule has 1 aromatic carbocycles. The Morgan fingerprint density at radius 2 is 2.07 bits per heavy atom. The van der Waals surface area contributed by atoms with E-state index in [1.54, 1.807) is 4.68 Å². The topological polar surface area (TPSA) is 57.3 Å². The molecule has 0 aliphatic carbocycles. The second-order valence-corrected chi connectivity index (χ2v) is 7.48. The van der Waals surface area contributed by atoms with Gasteiger partial charge in [0.25, 0.3) is 0 Å². The zero-order chi connectivity index (χ0) is 21.1. The number of aromatic nitrogens is 4. The molecule has 3 heterocycles. The number of halogens is 2. The number of hydrogen-bond donors (Lipinski definition) is 0. The molecule has 4 rings (SSSR count). The van der Waals surface area contributed by atoms with E-state index in [9.17, 15) is 8.78 Å². The van der Waals surface area contributed by atoms with Crippen molar-refractivity contribution in [1.82, 2.24) is 24.5 Å². The molecule has 0 saturated carbocycles. The molecule has 1 aliphatic heterocycles. The van der Waals surface area contributed by atoms with Gasteiger partial charge in [-0.05, 0) is 18.2 Å². The summed E-state index contributed by atoms with van der Waals surface area (Å²) in [6.07, 6.45) is 4.41. The van der Waals surface area contributed by atoms with Crippen LogP contribution in [0, 0.1) is 11.6 Å². The molecule has 1 unspecified atom stereocenters. The first-order chi connectivity index (χ1) is 14.5. The summed E-state index contributed by atoms with van der Waals surface area (Å²) in [5, 5.41) is 8.84. The third-order valence-corrected chi connectivity index (χ3v) is 5.16. The molecule has 2 aromatic heterocycles. The Bertz CT molecular complexity index is 1000. The third-order valence-electron chi connectivity index (χ3n) is 5.16. The van der Waals surface area contributed by atoms with Crippen molar-refractivity contribution in [1.29, 1.82) is 0 Å². The summed E-state index contributed by atoms with van der Waals surface area (Å²) in [7, 11) is 3.80. The van der Waals surface area contributed by atoms with E-state index in [2.05, 4.69) is 15.1 Å². The largest absolute Gasteiger partial charge is 0.493 e. The average molecular weight is 417 g/mol. The molecular formula is C21H25F2N5O2. The van der Waals surface area contributed by atoms with E-state index in [0.717, 1.165) is 43.2 Å². The first kappa shape index (κ1) is 20.5. The van der Waals surface area contributed by atoms with Crippen molar-refractivity contribution in [2.24, 2.45) is 14.1 Å². The first-order valence-corrected chi connectivity index (χ1v) is 9.90. The van der Waals surface area contributed by atoms with Gasteiger partial charge in [-0.3, -0.25) is 14.3 Å². The zero-order valence-corrected chi connectivity index (χ0v) is 17.1. The highest BCUT2D eigenvalue weighted by Gasteiger charge is 2.25. The molecule has 7 nitrogen and oxygen atoms in total. The Labute approximate surface area is 173 Å². The summed E-state index contributed by atoms with van der Waals surface area (Å²) >= 11 is 0. The lowest BCUT2D eigenvalue weighted by molar-refractivity contribution is -0.0352. The molecular weight excluding hydrogens is 392 g/mol. The quantitative estimate of drug-likeness (QED) is 0.592. The van der Waals surface area contributed by atoms with Crippen LogP contribution in [0.3, 0.4) is 0 Å². The van der Waals surface area contributed by atoms with Gasteiger partial charge in [0.15, 0.2) is 11.6 Å². The summed E-state index contributed by atoms with van der Waals surface area (Å²) in [6, 6.07) is 5.55. The van der Waals surface area contributed by atoms with Gasteiger partial charge >= 0.3 is 0 Å². The number of nitrogens with zero attached hydrogens (tertiary/aromatic N) is 5. The summed E-state index contributed by atoms with van der Waals surface area (Å²) < 4.78 is 41.4. The lowest BCUT2D eigenvalue weighted by Gasteiger charge is -2.31. The standard InChI is InChI=1S/C21H25F2N5O2/c1-26-12-15(11-24-26)13-28-6-8-30-21(14-28)20-9-16(27(2)25-20)5-7-29-17-3-4-18(22)19(23)10-17/h3-4,9-12,21H,5-8,13-14H2,1-2H3. The Hall–Kier alpha value is -2.78. The molecule has 3 aromatic rings. The molecule has 0 bridgehead atoms. The van der Waals surface area contributed by atoms with Crippen molar-refractivity contribution < 1.29 is 18.3 Å². The fourth-order valence-corrected chi connectivity index (χ4v) is 3.60. The fraction of sp³-hybridized carbons (Fsp3) is 0.429. The van der Waals surface area contributed by atoms with Gasteiger partial charge in [-0.1, -0.05) is 0 Å². The van der Waals surface area contributed by atoms with Crippen molar-refractivity contribution in [2.45, 2.75) is 19.1 Å². The van der Waals surface area contributed by atoms with Crippen LogP contribution in [0.4, 0.5) is 8.78 Å². The summed E-state index contributed by atoms with van der Waals surface area (Å²) in [5.41, 5.74) is 3.05. The maximum Gasteiger partial charge on any atom is 0.162 e. The van der Waals surface area contributed by atoms with Crippen molar-refractivity contribution in [3.8, 4) is 5.75 Å². The highest BCUT2D eigenvalue weighted by atomic mass is 19.2. The molecule has 1 aliphatic rings. The maximum absolute atomic E-state index is 13.3. The van der Waals surface area contributed by atoms with Crippen LogP contribution in [0.5, 0.6) is 5.75 Å². The third kappa shape index (κ3) is 4.85. The van der Waals surface area contributed by atoms with Crippen LogP contribution >= 0.6 is 0 Å². The minimum absolute atomic E-state index is 0.0949. The van der Waals surface area contributed by atoms with Gasteiger partial charge in [-0.15, -0.1) is 0 Å². The zero-order valence-electron chi connectivity index (χ0n) is 17.1. The van der Waals surface area contributed by atoms with Crippen molar-refractivity contribution in [3.63, 3.8) is 0 Å². The molecule has 1 fully saturated rings. The van der Waals surface area contributed by atoms with E-state index in [4.69, 9.17) is 9.47 Å². The number of rotatable bonds is 7. The molecule has 1 saturated heterocycles. The highest BCUT2D eigenvalue weighted by Crippen LogP contribution is 2.23. The maximum atomic E-state index is 13.3. The molecule has 0 spiro atoms. The lowest BCUT2D eigenvalue weighted by atomic mass is 10.1. The van der Waals surface area contributed by atoms with E-state index in [-0.39, 0.29) is 6.10 Å². The Morgan fingerprint density at radius 3 is 2.83 bits per heavy atom. The summed E-state index contributed by atoms with van der Waals surface area (Å²) in [4.78, 5) is 2.34. The molecule has 30 heavy (non-hydrogen) atoms. The van der Waals surface area contributed by atoms with Gasteiger partial charge in [0.1, 0.15) is 11.9 Å². The smallest absolute Gasteiger partial charge is 0.162 e. The Kier molecular flexibility index (Phi) is 6.10. The van der Waals surface area contributed by atoms with E-state index in [1.165, 1.54) is 11.6 Å². The second kappa shape index (κ2) is 8.93. The van der Waals surface area contributed by atoms with Crippen LogP contribution in [0.1, 0.15) is 23.1 Å². The first-order valence-electron chi connectivity index (χ1n) is 9.90. The Balaban J connectivity index is 1.33. The number of morpholine rings is 1. The van der Waals surface area contributed by atoms with Gasteiger partial charge < -0.3 is 9.47 Å². The SMILES string of the molecule is Cn1cc(CN2CCOC(c3cc(CCOc4ccc(F)c(F)c4)n(C)n3)C2)cn1. The van der Waals surface area contributed by atoms with E-state index in [0.29, 0.717) is 25.4 Å². The normalized spacial score (nSPS) is 17.4. The van der Waals surface area contributed by atoms with E-state index >= 15 is 0 Å². The van der Waals surface area contributed by atoms with Crippen molar-refractivity contribution >= 4 is 0 Å². The average Bonchev–Trinajstić information content (AvgIpc) is 3.30. The van der Waals surface area contributed by atoms with Crippen LogP contribution in [0.25, 0.3) is 0 Å². The fourth-order valence-electron chi connectivity index (χ4n) is 3.60. The van der Waals surface area contributed by atoms with Crippen LogP contribution in [0.15, 0.2) is 36.7 Å². The number of benzene rings is 1. The van der Waals surface area contributed by atoms with Gasteiger partial charge in [0.05, 0.1) is 25.1 Å². The number of ether oxygens (including phenoxy) is 2. The van der Waals surface area contributed by atoms with Crippen molar-refractivity contribution in [3.05, 3.63) is 65.2 Å². The predicted octanol–water partition coefficient (Wildman–Crippen LogP) is 2.63. The lowest BCUT2D eigenvalue weighted by Crippen LogP contribution is -2.37. The number of aryl methyl sites for hydroxylation is 2. The molecule has 9 heteroatoms. The van der Waals surface area contributed by atoms with Crippen LogP contribution in [-0.4, -0.2) is 50.8 Å². The monoisotopic (exact) mass is 417 g/mol. The van der Waals surface area contributed by atoms with Gasteiger partial charge in [-0.25, -0.2) is 8.78 Å². The van der Waals surface area contributed by atoms with Crippen LogP contribution in [-0.2, 0) is 31.8 Å². The molecule has 0 N–H and O–H groups in total. The number of hydrogen-bond acceptors (Lipinski definition) is 5. The van der Waals surface area contributed by atoms with Crippen molar-refractivity contribution in [2.75, 3.05) is 26.3 Å². The van der Waals surface area contributed by atoms with Gasteiger partial charge in [0, 0.05) is 63.7 Å². The predicted molar refractivity (Wildman–Crippen MR) is 106 cm³/mol. The minimum atomic E-state index is -0.916. The van der Waals surface area contributed by atoms with Gasteiger partial charge in [-0.2, -0.15) is 10.2 Å². The van der Waals surface area contributed by atoms with Gasteiger partial charge in [0.2, 0.25) is 0 Å². The van der Waals surface area contributed by atoms with E-state index < -0.39 is 11.6 Å². The second-order valence-electron chi connectivity index (χ2n) is 7.48. The molecule has 0 radical (unpaired) electrons. The molecule has 1 atom stereocenters. The highest BCUT2D eigenvalue weighted by molar-refractivity contribution is 5.23. The van der Waals surface area contributed by atoms with Crippen LogP contribution < -0.4 is 4.74 Å². The Morgan fingerprint density at radius 1 is 1.20 bits per heavy atom. The van der Waals surface area contributed by atoms with E-state index in [1.807, 2.05) is 37.2 Å². The summed E-state index contributed by atoms with van der Waals surface area (Å²) in [5.74, 6) is -1.50. The molecule has 160 valence electrons. The molecule has 0 amide bonds. The van der Waals surface area contributed by atoms with Crippen LogP contribution in [0.2, 0.25) is 0 Å². The minimum Gasteiger partial charge on any atom is -0.493 e.